The molecule has 1 aliphatic carbocycles. The molecule has 5 rings (SSSR count). The largest absolute Gasteiger partial charge is 0.481 e. The summed E-state index contributed by atoms with van der Waals surface area (Å²) in [4.78, 5) is 20.9. The maximum absolute atomic E-state index is 11.3. The van der Waals surface area contributed by atoms with Crippen LogP contribution in [0.25, 0.3) is 28.0 Å². The van der Waals surface area contributed by atoms with Crippen LogP contribution in [0, 0.1) is 5.92 Å². The number of nitrogen functional groups attached to an aromatic ring is 1. The van der Waals surface area contributed by atoms with E-state index in [2.05, 4.69) is 26.0 Å². The Morgan fingerprint density at radius 1 is 1.03 bits per heavy atom. The maximum Gasteiger partial charge on any atom is 0.306 e. The molecule has 3 heterocycles. The highest BCUT2D eigenvalue weighted by molar-refractivity contribution is 9.10. The summed E-state index contributed by atoms with van der Waals surface area (Å²) in [6.07, 6.45) is 6.43. The number of aromatic nitrogens is 4. The van der Waals surface area contributed by atoms with Crippen LogP contribution in [0.5, 0.6) is 0 Å². The number of fused-ring (bicyclic) bond motifs is 1. The number of nitrogens with zero attached hydrogens (tertiary/aromatic N) is 4. The number of carboxylic acid groups (broad SMARTS) is 1. The van der Waals surface area contributed by atoms with E-state index in [1.165, 1.54) is 0 Å². The van der Waals surface area contributed by atoms with Gasteiger partial charge in [0.2, 0.25) is 0 Å². The molecule has 0 aliphatic heterocycles. The predicted molar refractivity (Wildman–Crippen MR) is 126 cm³/mol. The zero-order valence-electron chi connectivity index (χ0n) is 17.3. The van der Waals surface area contributed by atoms with Crippen molar-refractivity contribution in [1.82, 2.24) is 19.6 Å². The first-order valence-corrected chi connectivity index (χ1v) is 11.4. The summed E-state index contributed by atoms with van der Waals surface area (Å²) in [6, 6.07) is 14.0. The van der Waals surface area contributed by atoms with Crippen LogP contribution in [0.4, 0.5) is 5.82 Å². The van der Waals surface area contributed by atoms with Crippen LogP contribution in [-0.4, -0.2) is 30.7 Å². The summed E-state index contributed by atoms with van der Waals surface area (Å²) in [5, 5.41) is 13.8. The second kappa shape index (κ2) is 8.35. The van der Waals surface area contributed by atoms with Crippen molar-refractivity contribution in [3.63, 3.8) is 0 Å². The first-order chi connectivity index (χ1) is 15.5. The average Bonchev–Trinajstić information content (AvgIpc) is 3.26. The Labute approximate surface area is 193 Å². The zero-order chi connectivity index (χ0) is 22.2. The topological polar surface area (TPSA) is 106 Å². The molecular formula is C24H22BrN5O2. The van der Waals surface area contributed by atoms with Gasteiger partial charge in [-0.1, -0.05) is 36.4 Å². The number of hydrogen-bond donors (Lipinski definition) is 2. The summed E-state index contributed by atoms with van der Waals surface area (Å²) in [7, 11) is 0. The molecule has 0 saturated heterocycles. The molecule has 8 heteroatoms. The molecular weight excluding hydrogens is 470 g/mol. The van der Waals surface area contributed by atoms with Crippen molar-refractivity contribution in [1.29, 1.82) is 0 Å². The maximum atomic E-state index is 11.3. The predicted octanol–water partition coefficient (Wildman–Crippen LogP) is 5.16. The molecule has 4 aromatic rings. The molecule has 32 heavy (non-hydrogen) atoms. The number of pyridine rings is 1. The fourth-order valence-corrected chi connectivity index (χ4v) is 5.01. The van der Waals surface area contributed by atoms with Crippen molar-refractivity contribution in [2.45, 2.75) is 31.6 Å². The summed E-state index contributed by atoms with van der Waals surface area (Å²) >= 11 is 3.60. The van der Waals surface area contributed by atoms with Crippen molar-refractivity contribution in [3.05, 3.63) is 65.0 Å². The number of rotatable bonds is 4. The minimum atomic E-state index is -0.713. The van der Waals surface area contributed by atoms with Gasteiger partial charge in [-0.15, -0.1) is 0 Å². The quantitative estimate of drug-likeness (QED) is 0.408. The third-order valence-corrected chi connectivity index (χ3v) is 7.07. The van der Waals surface area contributed by atoms with Crippen molar-refractivity contribution in [3.8, 4) is 22.4 Å². The van der Waals surface area contributed by atoms with Crippen LogP contribution in [-0.2, 0) is 4.79 Å². The highest BCUT2D eigenvalue weighted by Crippen LogP contribution is 2.40. The van der Waals surface area contributed by atoms with Gasteiger partial charge in [0.1, 0.15) is 5.82 Å². The number of aliphatic carboxylic acids is 1. The van der Waals surface area contributed by atoms with Gasteiger partial charge in [0.05, 0.1) is 28.0 Å². The molecule has 1 aliphatic rings. The second-order valence-corrected chi connectivity index (χ2v) is 8.97. The molecule has 3 N–H and O–H groups in total. The highest BCUT2D eigenvalue weighted by atomic mass is 79.9. The lowest BCUT2D eigenvalue weighted by Crippen LogP contribution is -2.21. The van der Waals surface area contributed by atoms with E-state index in [1.807, 2.05) is 48.7 Å². The lowest BCUT2D eigenvalue weighted by atomic mass is 9.80. The van der Waals surface area contributed by atoms with Crippen LogP contribution in [0.1, 0.15) is 37.3 Å². The molecule has 1 aromatic carbocycles. The Morgan fingerprint density at radius 3 is 2.44 bits per heavy atom. The normalized spacial score (nSPS) is 18.7. The molecule has 0 atom stereocenters. The van der Waals surface area contributed by atoms with E-state index < -0.39 is 5.97 Å². The van der Waals surface area contributed by atoms with Gasteiger partial charge in [0, 0.05) is 28.8 Å². The first kappa shape index (κ1) is 20.6. The fourth-order valence-electron chi connectivity index (χ4n) is 4.43. The molecule has 0 unspecified atom stereocenters. The number of halogens is 1. The number of carboxylic acids is 1. The Kier molecular flexibility index (Phi) is 5.38. The SMILES string of the molecule is Nc1c(Br)c(C2CCC(C(=O)O)CC2)nc2c(-c3ccc(-c4ccccc4)nc3)cnn12. The van der Waals surface area contributed by atoms with Crippen molar-refractivity contribution >= 4 is 33.4 Å². The summed E-state index contributed by atoms with van der Waals surface area (Å²) < 4.78 is 2.37. The Morgan fingerprint density at radius 2 is 1.78 bits per heavy atom. The molecule has 1 saturated carbocycles. The van der Waals surface area contributed by atoms with Crippen molar-refractivity contribution < 1.29 is 9.90 Å². The Bertz CT molecular complexity index is 1280. The number of nitrogens with two attached hydrogens (primary N) is 1. The molecule has 162 valence electrons. The minimum absolute atomic E-state index is 0.161. The van der Waals surface area contributed by atoms with E-state index >= 15 is 0 Å². The molecule has 1 fully saturated rings. The van der Waals surface area contributed by atoms with Gasteiger partial charge in [-0.2, -0.15) is 9.61 Å². The third-order valence-electron chi connectivity index (χ3n) is 6.26. The van der Waals surface area contributed by atoms with Gasteiger partial charge in [-0.3, -0.25) is 9.78 Å². The van der Waals surface area contributed by atoms with E-state index in [1.54, 1.807) is 10.7 Å². The molecule has 0 spiro atoms. The Hall–Kier alpha value is -3.26. The fraction of sp³-hybridized carbons (Fsp3) is 0.250. The van der Waals surface area contributed by atoms with Crippen LogP contribution in [0.15, 0.2) is 59.3 Å². The monoisotopic (exact) mass is 491 g/mol. The van der Waals surface area contributed by atoms with Gasteiger partial charge < -0.3 is 10.8 Å². The van der Waals surface area contributed by atoms with Gasteiger partial charge in [0.25, 0.3) is 0 Å². The molecule has 7 nitrogen and oxygen atoms in total. The Balaban J connectivity index is 1.51. The van der Waals surface area contributed by atoms with E-state index in [0.717, 1.165) is 45.4 Å². The second-order valence-electron chi connectivity index (χ2n) is 8.17. The van der Waals surface area contributed by atoms with Crippen LogP contribution in [0.3, 0.4) is 0 Å². The molecule has 0 radical (unpaired) electrons. The van der Waals surface area contributed by atoms with Crippen LogP contribution < -0.4 is 5.73 Å². The number of anilines is 1. The van der Waals surface area contributed by atoms with E-state index in [0.29, 0.717) is 24.3 Å². The van der Waals surface area contributed by atoms with Gasteiger partial charge in [-0.25, -0.2) is 4.98 Å². The number of carbonyl (C=O) groups is 1. The average molecular weight is 492 g/mol. The smallest absolute Gasteiger partial charge is 0.306 e. The number of hydrogen-bond acceptors (Lipinski definition) is 5. The standard InChI is InChI=1S/C24H22BrN5O2/c25-20-21(15-6-8-16(9-7-15)24(31)32)29-23-18(13-28-30(23)22(20)26)17-10-11-19(27-12-17)14-4-2-1-3-5-14/h1-5,10-13,15-16H,6-9,26H2,(H,31,32). The zero-order valence-corrected chi connectivity index (χ0v) is 18.9. The van der Waals surface area contributed by atoms with Crippen LogP contribution >= 0.6 is 15.9 Å². The number of benzene rings is 1. The summed E-state index contributed by atoms with van der Waals surface area (Å²) in [5.41, 5.74) is 11.7. The lowest BCUT2D eigenvalue weighted by molar-refractivity contribution is -0.142. The lowest BCUT2D eigenvalue weighted by Gasteiger charge is -2.26. The minimum Gasteiger partial charge on any atom is -0.481 e. The summed E-state index contributed by atoms with van der Waals surface area (Å²) in [6.45, 7) is 0. The molecule has 3 aromatic heterocycles. The molecule has 0 amide bonds. The van der Waals surface area contributed by atoms with Crippen molar-refractivity contribution in [2.24, 2.45) is 5.92 Å². The third kappa shape index (κ3) is 3.64. The first-order valence-electron chi connectivity index (χ1n) is 10.6. The van der Waals surface area contributed by atoms with Crippen LogP contribution in [0.2, 0.25) is 0 Å². The van der Waals surface area contributed by atoms with Crippen molar-refractivity contribution in [2.75, 3.05) is 5.73 Å². The summed E-state index contributed by atoms with van der Waals surface area (Å²) in [5.74, 6) is -0.333. The van der Waals surface area contributed by atoms with Gasteiger partial charge in [-0.05, 0) is 47.7 Å². The van der Waals surface area contributed by atoms with E-state index in [4.69, 9.17) is 10.7 Å². The highest BCUT2D eigenvalue weighted by Gasteiger charge is 2.30. The van der Waals surface area contributed by atoms with Gasteiger partial charge >= 0.3 is 5.97 Å². The van der Waals surface area contributed by atoms with E-state index in [9.17, 15) is 9.90 Å². The molecule has 0 bridgehead atoms. The van der Waals surface area contributed by atoms with Gasteiger partial charge in [0.15, 0.2) is 5.65 Å². The van der Waals surface area contributed by atoms with E-state index in [-0.39, 0.29) is 11.8 Å².